The van der Waals surface area contributed by atoms with Gasteiger partial charge in [0, 0.05) is 18.3 Å². The Kier molecular flexibility index (Phi) is 3.34. The van der Waals surface area contributed by atoms with Crippen LogP contribution in [0.2, 0.25) is 0 Å². The van der Waals surface area contributed by atoms with Crippen molar-refractivity contribution >= 4 is 17.6 Å². The van der Waals surface area contributed by atoms with Crippen LogP contribution < -0.4 is 5.32 Å². The second kappa shape index (κ2) is 4.30. The van der Waals surface area contributed by atoms with Crippen molar-refractivity contribution in [3.63, 3.8) is 0 Å². The summed E-state index contributed by atoms with van der Waals surface area (Å²) >= 11 is 1.56. The number of aromatic nitrogens is 2. The molecule has 1 aromatic heterocycles. The Morgan fingerprint density at radius 3 is 2.92 bits per heavy atom. The van der Waals surface area contributed by atoms with Gasteiger partial charge in [0.1, 0.15) is 5.82 Å². The molecule has 0 saturated carbocycles. The molecule has 4 heteroatoms. The topological polar surface area (TPSA) is 37.8 Å². The van der Waals surface area contributed by atoms with Crippen LogP contribution in [0.25, 0.3) is 0 Å². The van der Waals surface area contributed by atoms with E-state index in [9.17, 15) is 0 Å². The number of rotatable bonds is 3. The highest BCUT2D eigenvalue weighted by molar-refractivity contribution is 7.98. The van der Waals surface area contributed by atoms with Crippen LogP contribution in [0.15, 0.2) is 11.4 Å². The quantitative estimate of drug-likeness (QED) is 0.574. The molecule has 0 bridgehead atoms. The summed E-state index contributed by atoms with van der Waals surface area (Å²) in [4.78, 5) is 8.47. The van der Waals surface area contributed by atoms with Gasteiger partial charge in [0.05, 0.1) is 0 Å². The van der Waals surface area contributed by atoms with Gasteiger partial charge in [-0.05, 0) is 20.1 Å². The second-order valence-corrected chi connectivity index (χ2v) is 3.19. The largest absolute Gasteiger partial charge is 0.370 e. The monoisotopic (exact) mass is 183 g/mol. The smallest absolute Gasteiger partial charge is 0.189 e. The third-order valence-corrected chi connectivity index (χ3v) is 2.04. The summed E-state index contributed by atoms with van der Waals surface area (Å²) in [5.74, 6) is 0.942. The van der Waals surface area contributed by atoms with E-state index < -0.39 is 0 Å². The van der Waals surface area contributed by atoms with Gasteiger partial charge in [0.25, 0.3) is 0 Å². The highest BCUT2D eigenvalue weighted by Gasteiger charge is 2.00. The van der Waals surface area contributed by atoms with Gasteiger partial charge >= 0.3 is 0 Å². The third-order valence-electron chi connectivity index (χ3n) is 1.48. The Balaban J connectivity index is 2.91. The van der Waals surface area contributed by atoms with E-state index in [1.807, 2.05) is 19.4 Å². The summed E-state index contributed by atoms with van der Waals surface area (Å²) in [7, 11) is 0. The standard InChI is InChI=1S/C8H13N3S/c1-4-9-7-6(2)5-10-8(11-7)12-3/h5H,4H2,1-3H3,(H,9,10,11). The molecule has 1 N–H and O–H groups in total. The highest BCUT2D eigenvalue weighted by Crippen LogP contribution is 2.14. The van der Waals surface area contributed by atoms with Crippen molar-refractivity contribution < 1.29 is 0 Å². The van der Waals surface area contributed by atoms with Crippen LogP contribution in [0.1, 0.15) is 12.5 Å². The second-order valence-electron chi connectivity index (χ2n) is 2.42. The fraction of sp³-hybridized carbons (Fsp3) is 0.500. The number of hydrogen-bond donors (Lipinski definition) is 1. The molecule has 0 aliphatic carbocycles. The first kappa shape index (κ1) is 9.32. The van der Waals surface area contributed by atoms with Gasteiger partial charge in [-0.3, -0.25) is 0 Å². The van der Waals surface area contributed by atoms with Crippen molar-refractivity contribution in [2.24, 2.45) is 0 Å². The lowest BCUT2D eigenvalue weighted by molar-refractivity contribution is 0.946. The Morgan fingerprint density at radius 2 is 2.33 bits per heavy atom. The molecular formula is C8H13N3S. The van der Waals surface area contributed by atoms with Gasteiger partial charge in [0.15, 0.2) is 5.16 Å². The van der Waals surface area contributed by atoms with Crippen molar-refractivity contribution in [2.75, 3.05) is 18.1 Å². The van der Waals surface area contributed by atoms with Crippen molar-refractivity contribution in [2.45, 2.75) is 19.0 Å². The average Bonchev–Trinajstić information content (AvgIpc) is 2.09. The molecule has 0 aliphatic rings. The lowest BCUT2D eigenvalue weighted by Gasteiger charge is -2.05. The minimum atomic E-state index is 0.816. The minimum Gasteiger partial charge on any atom is -0.370 e. The molecule has 0 aromatic carbocycles. The van der Waals surface area contributed by atoms with E-state index in [-0.39, 0.29) is 0 Å². The number of hydrogen-bond acceptors (Lipinski definition) is 4. The minimum absolute atomic E-state index is 0.816. The van der Waals surface area contributed by atoms with Crippen molar-refractivity contribution in [3.05, 3.63) is 11.8 Å². The fourth-order valence-electron chi connectivity index (χ4n) is 0.871. The Morgan fingerprint density at radius 1 is 1.58 bits per heavy atom. The maximum atomic E-state index is 4.32. The lowest BCUT2D eigenvalue weighted by Crippen LogP contribution is -2.02. The molecule has 66 valence electrons. The zero-order valence-corrected chi connectivity index (χ0v) is 8.40. The number of nitrogens with one attached hydrogen (secondary N) is 1. The zero-order chi connectivity index (χ0) is 8.97. The van der Waals surface area contributed by atoms with Crippen molar-refractivity contribution in [3.8, 4) is 0 Å². The first-order valence-electron chi connectivity index (χ1n) is 3.89. The number of thioether (sulfide) groups is 1. The van der Waals surface area contributed by atoms with Crippen LogP contribution in [0.3, 0.4) is 0 Å². The van der Waals surface area contributed by atoms with E-state index in [4.69, 9.17) is 0 Å². The maximum Gasteiger partial charge on any atom is 0.189 e. The Hall–Kier alpha value is -0.770. The normalized spacial score (nSPS) is 9.92. The number of aryl methyl sites for hydroxylation is 1. The zero-order valence-electron chi connectivity index (χ0n) is 7.59. The number of anilines is 1. The molecule has 1 rings (SSSR count). The van der Waals surface area contributed by atoms with Crippen molar-refractivity contribution in [1.82, 2.24) is 9.97 Å². The van der Waals surface area contributed by atoms with Crippen LogP contribution in [-0.2, 0) is 0 Å². The van der Waals surface area contributed by atoms with Gasteiger partial charge in [-0.15, -0.1) is 0 Å². The van der Waals surface area contributed by atoms with E-state index in [1.54, 1.807) is 11.8 Å². The summed E-state index contributed by atoms with van der Waals surface area (Å²) < 4.78 is 0. The SMILES string of the molecule is CCNc1nc(SC)ncc1C. The van der Waals surface area contributed by atoms with Crippen LogP contribution in [-0.4, -0.2) is 22.8 Å². The summed E-state index contributed by atoms with van der Waals surface area (Å²) in [6.07, 6.45) is 3.82. The molecular weight excluding hydrogens is 170 g/mol. The van der Waals surface area contributed by atoms with Gasteiger partial charge in [-0.1, -0.05) is 11.8 Å². The molecule has 0 saturated heterocycles. The van der Waals surface area contributed by atoms with Crippen LogP contribution >= 0.6 is 11.8 Å². The molecule has 0 unspecified atom stereocenters. The van der Waals surface area contributed by atoms with Gasteiger partial charge < -0.3 is 5.32 Å². The fourth-order valence-corrected chi connectivity index (χ4v) is 1.21. The average molecular weight is 183 g/mol. The highest BCUT2D eigenvalue weighted by atomic mass is 32.2. The number of nitrogens with zero attached hydrogens (tertiary/aromatic N) is 2. The van der Waals surface area contributed by atoms with E-state index in [1.165, 1.54) is 0 Å². The predicted octanol–water partition coefficient (Wildman–Crippen LogP) is 1.94. The lowest BCUT2D eigenvalue weighted by atomic mass is 10.3. The van der Waals surface area contributed by atoms with E-state index in [2.05, 4.69) is 22.2 Å². The summed E-state index contributed by atoms with van der Waals surface area (Å²) in [6, 6.07) is 0. The summed E-state index contributed by atoms with van der Waals surface area (Å²) in [6.45, 7) is 4.95. The summed E-state index contributed by atoms with van der Waals surface area (Å²) in [5, 5.41) is 4.00. The van der Waals surface area contributed by atoms with E-state index in [0.717, 1.165) is 23.1 Å². The van der Waals surface area contributed by atoms with Crippen LogP contribution in [0, 0.1) is 6.92 Å². The van der Waals surface area contributed by atoms with Gasteiger partial charge in [-0.2, -0.15) is 0 Å². The Labute approximate surface area is 77.0 Å². The molecule has 12 heavy (non-hydrogen) atoms. The predicted molar refractivity (Wildman–Crippen MR) is 52.7 cm³/mol. The van der Waals surface area contributed by atoms with Crippen LogP contribution in [0.5, 0.6) is 0 Å². The molecule has 0 amide bonds. The van der Waals surface area contributed by atoms with Crippen molar-refractivity contribution in [1.29, 1.82) is 0 Å². The molecule has 1 aromatic rings. The molecule has 0 aliphatic heterocycles. The first-order chi connectivity index (χ1) is 5.77. The summed E-state index contributed by atoms with van der Waals surface area (Å²) in [5.41, 5.74) is 1.09. The molecule has 0 radical (unpaired) electrons. The molecule has 0 fully saturated rings. The Bertz CT molecular complexity index is 262. The maximum absolute atomic E-state index is 4.32. The molecule has 3 nitrogen and oxygen atoms in total. The third kappa shape index (κ3) is 2.11. The van der Waals surface area contributed by atoms with Crippen LogP contribution in [0.4, 0.5) is 5.82 Å². The molecule has 1 heterocycles. The molecule has 0 spiro atoms. The van der Waals surface area contributed by atoms with Gasteiger partial charge in [-0.25, -0.2) is 9.97 Å². The first-order valence-corrected chi connectivity index (χ1v) is 5.12. The van der Waals surface area contributed by atoms with E-state index >= 15 is 0 Å². The van der Waals surface area contributed by atoms with E-state index in [0.29, 0.717) is 0 Å². The van der Waals surface area contributed by atoms with Gasteiger partial charge in [0.2, 0.25) is 0 Å². The molecule has 0 atom stereocenters.